The van der Waals surface area contributed by atoms with Crippen molar-refractivity contribution in [2.24, 2.45) is 5.92 Å². The van der Waals surface area contributed by atoms with Gasteiger partial charge in [0.2, 0.25) is 5.91 Å². The summed E-state index contributed by atoms with van der Waals surface area (Å²) in [6, 6.07) is 18.5. The van der Waals surface area contributed by atoms with Gasteiger partial charge in [-0.1, -0.05) is 60.7 Å². The monoisotopic (exact) mass is 411 g/mol. The van der Waals surface area contributed by atoms with Gasteiger partial charge in [-0.3, -0.25) is 4.79 Å². The Morgan fingerprint density at radius 2 is 1.59 bits per heavy atom. The fourth-order valence-corrected chi connectivity index (χ4v) is 6.02. The maximum atomic E-state index is 13.3. The second-order valence-electron chi connectivity index (χ2n) is 8.16. The number of carbonyl (C=O) groups excluding carboxylic acids is 2. The van der Waals surface area contributed by atoms with Crippen molar-refractivity contribution < 1.29 is 19.4 Å². The quantitative estimate of drug-likeness (QED) is 0.604. The van der Waals surface area contributed by atoms with E-state index in [1.165, 1.54) is 0 Å². The molecular weight excluding hydrogens is 386 g/mol. The molecule has 0 unspecified atom stereocenters. The molecule has 0 spiro atoms. The van der Waals surface area contributed by atoms with Crippen LogP contribution in [0.1, 0.15) is 38.0 Å². The summed E-state index contributed by atoms with van der Waals surface area (Å²) in [7, 11) is 0. The first-order chi connectivity index (χ1) is 13.8. The van der Waals surface area contributed by atoms with Crippen molar-refractivity contribution in [1.29, 1.82) is 0 Å². The van der Waals surface area contributed by atoms with Crippen LogP contribution in [0.3, 0.4) is 0 Å². The predicted molar refractivity (Wildman–Crippen MR) is 112 cm³/mol. The summed E-state index contributed by atoms with van der Waals surface area (Å²) in [5, 5.41) is 9.76. The largest absolute Gasteiger partial charge is 0.451 e. The van der Waals surface area contributed by atoms with Gasteiger partial charge in [0, 0.05) is 4.75 Å². The highest BCUT2D eigenvalue weighted by Gasteiger charge is 2.65. The molecule has 0 aromatic heterocycles. The van der Waals surface area contributed by atoms with Crippen molar-refractivity contribution >= 4 is 23.6 Å². The van der Waals surface area contributed by atoms with Crippen LogP contribution in [0.4, 0.5) is 0 Å². The minimum absolute atomic E-state index is 0.180. The van der Waals surface area contributed by atoms with Gasteiger partial charge in [0.1, 0.15) is 6.04 Å². The number of nitrogens with zero attached hydrogens (tertiary/aromatic N) is 1. The molecule has 2 aliphatic heterocycles. The maximum absolute atomic E-state index is 13.3. The fraction of sp³-hybridized carbons (Fsp3) is 0.391. The topological polar surface area (TPSA) is 66.8 Å². The van der Waals surface area contributed by atoms with Crippen molar-refractivity contribution in [3.63, 3.8) is 0 Å². The average Bonchev–Trinajstić information content (AvgIpc) is 2.94. The Morgan fingerprint density at radius 3 is 2.07 bits per heavy atom. The lowest BCUT2D eigenvalue weighted by Gasteiger charge is -2.45. The van der Waals surface area contributed by atoms with Gasteiger partial charge in [-0.05, 0) is 31.9 Å². The van der Waals surface area contributed by atoms with Crippen molar-refractivity contribution in [3.05, 3.63) is 71.8 Å². The van der Waals surface area contributed by atoms with Crippen molar-refractivity contribution in [2.75, 3.05) is 0 Å². The number of hydrogen-bond donors (Lipinski definition) is 1. The predicted octanol–water partition coefficient (Wildman–Crippen LogP) is 3.38. The smallest absolute Gasteiger partial charge is 0.331 e. The van der Waals surface area contributed by atoms with Crippen LogP contribution in [0.25, 0.3) is 0 Å². The van der Waals surface area contributed by atoms with Gasteiger partial charge in [0.25, 0.3) is 0 Å². The molecule has 2 saturated heterocycles. The minimum Gasteiger partial charge on any atom is -0.451 e. The van der Waals surface area contributed by atoms with Gasteiger partial charge in [-0.15, -0.1) is 11.8 Å². The van der Waals surface area contributed by atoms with Crippen LogP contribution in [-0.2, 0) is 14.3 Å². The number of fused-ring (bicyclic) bond motifs is 1. The number of β-lactam (4-membered cyclic amide) rings is 1. The van der Waals surface area contributed by atoms with E-state index in [0.717, 1.165) is 11.1 Å². The number of aliphatic hydroxyl groups is 1. The molecule has 1 amide bonds. The van der Waals surface area contributed by atoms with Crippen LogP contribution in [0.15, 0.2) is 60.7 Å². The Balaban J connectivity index is 1.62. The lowest BCUT2D eigenvalue weighted by molar-refractivity contribution is -0.172. The summed E-state index contributed by atoms with van der Waals surface area (Å²) in [6.45, 7) is 5.53. The molecule has 0 saturated carbocycles. The number of amides is 1. The zero-order valence-corrected chi connectivity index (χ0v) is 17.5. The van der Waals surface area contributed by atoms with E-state index in [4.69, 9.17) is 4.74 Å². The van der Waals surface area contributed by atoms with E-state index in [1.807, 2.05) is 74.5 Å². The van der Waals surface area contributed by atoms with Crippen LogP contribution >= 0.6 is 11.8 Å². The molecule has 4 rings (SSSR count). The molecule has 1 N–H and O–H groups in total. The number of carbonyl (C=O) groups is 2. The zero-order chi connectivity index (χ0) is 20.8. The van der Waals surface area contributed by atoms with Crippen molar-refractivity contribution in [2.45, 2.75) is 49.1 Å². The van der Waals surface area contributed by atoms with E-state index >= 15 is 0 Å². The summed E-state index contributed by atoms with van der Waals surface area (Å²) < 4.78 is 5.53. The second kappa shape index (κ2) is 7.50. The third-order valence-electron chi connectivity index (χ3n) is 5.66. The zero-order valence-electron chi connectivity index (χ0n) is 16.7. The molecule has 2 fully saturated rings. The van der Waals surface area contributed by atoms with Crippen LogP contribution < -0.4 is 0 Å². The Hall–Kier alpha value is -2.31. The summed E-state index contributed by atoms with van der Waals surface area (Å²) in [6.07, 6.45) is -1.28. The van der Waals surface area contributed by atoms with Crippen molar-refractivity contribution in [1.82, 2.24) is 4.90 Å². The molecule has 0 bridgehead atoms. The molecule has 2 heterocycles. The molecular formula is C23H25NO4S. The number of thioether (sulfide) groups is 1. The maximum Gasteiger partial charge on any atom is 0.331 e. The lowest BCUT2D eigenvalue weighted by Crippen LogP contribution is -2.65. The van der Waals surface area contributed by atoms with Gasteiger partial charge in [-0.2, -0.15) is 0 Å². The normalized spacial score (nSPS) is 26.0. The molecule has 0 aliphatic carbocycles. The summed E-state index contributed by atoms with van der Waals surface area (Å²) in [5.41, 5.74) is 1.76. The van der Waals surface area contributed by atoms with Crippen LogP contribution in [0.2, 0.25) is 0 Å². The van der Waals surface area contributed by atoms with Crippen LogP contribution in [-0.4, -0.2) is 44.1 Å². The Morgan fingerprint density at radius 1 is 1.07 bits per heavy atom. The average molecular weight is 412 g/mol. The summed E-state index contributed by atoms with van der Waals surface area (Å²) in [4.78, 5) is 27.6. The number of rotatable bonds is 5. The molecule has 2 aliphatic rings. The number of esters is 1. The Bertz CT molecular complexity index is 860. The number of hydrogen-bond acceptors (Lipinski definition) is 5. The van der Waals surface area contributed by atoms with E-state index in [9.17, 15) is 14.7 Å². The van der Waals surface area contributed by atoms with Crippen molar-refractivity contribution in [3.8, 4) is 0 Å². The van der Waals surface area contributed by atoms with E-state index in [1.54, 1.807) is 23.6 Å². The van der Waals surface area contributed by atoms with E-state index in [2.05, 4.69) is 0 Å². The number of aliphatic hydroxyl groups excluding tert-OH is 1. The SMILES string of the molecule is C[C@H](O)[C@@H]1C(=O)N2[C@@H]1SC(C)(C)[C@@H]2C(=O)OC(c1ccccc1)c1ccccc1. The molecule has 4 atom stereocenters. The highest BCUT2D eigenvalue weighted by atomic mass is 32.2. The molecule has 5 nitrogen and oxygen atoms in total. The molecule has 2 aromatic rings. The lowest BCUT2D eigenvalue weighted by atomic mass is 9.88. The number of benzene rings is 2. The highest BCUT2D eigenvalue weighted by Crippen LogP contribution is 2.54. The molecule has 2 aromatic carbocycles. The van der Waals surface area contributed by atoms with Gasteiger partial charge >= 0.3 is 5.97 Å². The summed E-state index contributed by atoms with van der Waals surface area (Å²) in [5.74, 6) is -1.06. The van der Waals surface area contributed by atoms with Crippen LogP contribution in [0, 0.1) is 5.92 Å². The van der Waals surface area contributed by atoms with E-state index in [0.29, 0.717) is 0 Å². The van der Waals surface area contributed by atoms with Gasteiger partial charge < -0.3 is 14.7 Å². The first-order valence-electron chi connectivity index (χ1n) is 9.79. The third-order valence-corrected chi connectivity index (χ3v) is 7.26. The van der Waals surface area contributed by atoms with Gasteiger partial charge in [0.15, 0.2) is 6.10 Å². The summed E-state index contributed by atoms with van der Waals surface area (Å²) >= 11 is 1.56. The molecule has 6 heteroatoms. The molecule has 29 heavy (non-hydrogen) atoms. The Kier molecular flexibility index (Phi) is 5.17. The van der Waals surface area contributed by atoms with Crippen LogP contribution in [0.5, 0.6) is 0 Å². The van der Waals surface area contributed by atoms with E-state index in [-0.39, 0.29) is 11.3 Å². The van der Waals surface area contributed by atoms with E-state index < -0.39 is 34.9 Å². The minimum atomic E-state index is -0.733. The number of ether oxygens (including phenoxy) is 1. The molecule has 152 valence electrons. The first-order valence-corrected chi connectivity index (χ1v) is 10.7. The van der Waals surface area contributed by atoms with Gasteiger partial charge in [-0.25, -0.2) is 4.79 Å². The first kappa shape index (κ1) is 20.0. The fourth-order valence-electron chi connectivity index (χ4n) is 4.23. The Labute approximate surface area is 175 Å². The second-order valence-corrected chi connectivity index (χ2v) is 9.94. The highest BCUT2D eigenvalue weighted by molar-refractivity contribution is 8.01. The standard InChI is InChI=1S/C23H25NO4S/c1-14(25)17-20(26)24-19(23(2,3)29-21(17)24)22(27)28-18(15-10-6-4-7-11-15)16-12-8-5-9-13-16/h4-14,17-19,21,25H,1-3H3/t14-,17+,19-,21+/m0/s1. The third kappa shape index (κ3) is 3.45. The molecule has 0 radical (unpaired) electrons. The van der Waals surface area contributed by atoms with Gasteiger partial charge in [0.05, 0.1) is 17.4 Å².